The molecule has 0 fully saturated rings. The molecule has 1 aliphatic heterocycles. The van der Waals surface area contributed by atoms with Crippen molar-refractivity contribution in [2.24, 2.45) is 0 Å². The van der Waals surface area contributed by atoms with E-state index in [9.17, 15) is 19.1 Å². The molecular formula is C30H28FN3O6S2. The maximum atomic E-state index is 14.1. The van der Waals surface area contributed by atoms with Crippen LogP contribution in [0, 0.1) is 5.82 Å². The number of aromatic nitrogens is 2. The molecule has 12 heteroatoms. The Morgan fingerprint density at radius 1 is 1.12 bits per heavy atom. The van der Waals surface area contributed by atoms with Gasteiger partial charge in [0.05, 0.1) is 31.1 Å². The molecule has 1 aliphatic rings. The zero-order chi connectivity index (χ0) is 29.6. The summed E-state index contributed by atoms with van der Waals surface area (Å²) >= 11 is 2.36. The first-order valence-electron chi connectivity index (χ1n) is 13.4. The van der Waals surface area contributed by atoms with Crippen LogP contribution in [0.1, 0.15) is 54.4 Å². The molecule has 0 saturated heterocycles. The monoisotopic (exact) mass is 609 g/mol. The molecule has 0 aliphatic carbocycles. The quantitative estimate of drug-likeness (QED) is 0.0746. The Morgan fingerprint density at radius 3 is 2.69 bits per heavy atom. The lowest BCUT2D eigenvalue weighted by Gasteiger charge is -2.24. The average Bonchev–Trinajstić information content (AvgIpc) is 3.74. The fourth-order valence-electron chi connectivity index (χ4n) is 4.41. The minimum absolute atomic E-state index is 0.0286. The number of ketones is 1. The van der Waals surface area contributed by atoms with Gasteiger partial charge < -0.3 is 19.0 Å². The normalized spacial score (nSPS) is 15.0. The Bertz CT molecular complexity index is 1600. The number of ether oxygens (including phenoxy) is 2. The van der Waals surface area contributed by atoms with Gasteiger partial charge in [-0.15, -0.1) is 10.2 Å². The molecule has 2 aromatic heterocycles. The Hall–Kier alpha value is -4.16. The van der Waals surface area contributed by atoms with E-state index in [1.165, 1.54) is 35.1 Å². The highest BCUT2D eigenvalue weighted by Crippen LogP contribution is 2.45. The summed E-state index contributed by atoms with van der Waals surface area (Å²) in [5, 5.41) is 19.6. The minimum atomic E-state index is -1.06. The smallest absolute Gasteiger partial charge is 0.296 e. The summed E-state index contributed by atoms with van der Waals surface area (Å²) in [5.74, 6) is -1.24. The average molecular weight is 610 g/mol. The number of unbranched alkanes of at least 4 members (excludes halogenated alkanes) is 1. The van der Waals surface area contributed by atoms with Gasteiger partial charge >= 0.3 is 0 Å². The van der Waals surface area contributed by atoms with Gasteiger partial charge in [0.2, 0.25) is 10.9 Å². The zero-order valence-electron chi connectivity index (χ0n) is 22.9. The standard InChI is InChI=1S/C30H28FN3O6S2/c1-3-5-14-39-21-13-12-18(16-23(21)38-4-2)25-24(26(35)22-11-8-15-40-22)27(36)28(37)34(25)29-32-33-30(42-29)41-17-19-9-6-7-10-20(19)31/h6-13,15-16,25,36H,3-5,14,17H2,1-2H3. The Labute approximate surface area is 250 Å². The molecule has 9 nitrogen and oxygen atoms in total. The summed E-state index contributed by atoms with van der Waals surface area (Å²) < 4.78 is 31.7. The molecule has 5 rings (SSSR count). The van der Waals surface area contributed by atoms with E-state index in [4.69, 9.17) is 13.9 Å². The fourth-order valence-corrected chi connectivity index (χ4v) is 6.27. The number of anilines is 1. The van der Waals surface area contributed by atoms with Crippen LogP contribution in [-0.2, 0) is 10.5 Å². The van der Waals surface area contributed by atoms with E-state index >= 15 is 0 Å². The Morgan fingerprint density at radius 2 is 1.95 bits per heavy atom. The first-order chi connectivity index (χ1) is 20.4. The van der Waals surface area contributed by atoms with Gasteiger partial charge in [-0.05, 0) is 54.8 Å². The third-order valence-electron chi connectivity index (χ3n) is 6.45. The molecule has 42 heavy (non-hydrogen) atoms. The maximum absolute atomic E-state index is 14.1. The van der Waals surface area contributed by atoms with Crippen molar-refractivity contribution in [3.05, 3.63) is 94.9 Å². The van der Waals surface area contributed by atoms with Crippen molar-refractivity contribution in [1.29, 1.82) is 0 Å². The van der Waals surface area contributed by atoms with Crippen molar-refractivity contribution in [1.82, 2.24) is 10.2 Å². The number of hydrogen-bond acceptors (Lipinski definition) is 10. The molecule has 1 unspecified atom stereocenters. The first kappa shape index (κ1) is 29.3. The van der Waals surface area contributed by atoms with E-state index < -0.39 is 23.5 Å². The number of carbonyl (C=O) groups excluding carboxylic acids is 2. The number of hydrogen-bond donors (Lipinski definition) is 1. The molecule has 1 amide bonds. The third-order valence-corrected chi connectivity index (χ3v) is 8.55. The van der Waals surface area contributed by atoms with Crippen LogP contribution in [0.3, 0.4) is 0 Å². The summed E-state index contributed by atoms with van der Waals surface area (Å²) in [5.41, 5.74) is 0.835. The van der Waals surface area contributed by atoms with Crippen LogP contribution in [0.2, 0.25) is 0 Å². The molecule has 0 spiro atoms. The van der Waals surface area contributed by atoms with Crippen molar-refractivity contribution in [3.63, 3.8) is 0 Å². The van der Waals surface area contributed by atoms with Gasteiger partial charge in [0, 0.05) is 5.75 Å². The maximum Gasteiger partial charge on any atom is 0.296 e. The molecule has 0 radical (unpaired) electrons. The van der Waals surface area contributed by atoms with Crippen molar-refractivity contribution >= 4 is 39.9 Å². The number of carbonyl (C=O) groups is 2. The van der Waals surface area contributed by atoms with E-state index in [2.05, 4.69) is 17.1 Å². The number of aliphatic hydroxyl groups is 1. The van der Waals surface area contributed by atoms with Crippen LogP contribution >= 0.6 is 23.1 Å². The molecule has 4 aromatic rings. The highest BCUT2D eigenvalue weighted by atomic mass is 32.2. The number of benzene rings is 2. The van der Waals surface area contributed by atoms with Gasteiger partial charge in [0.15, 0.2) is 27.4 Å². The van der Waals surface area contributed by atoms with Crippen LogP contribution in [0.15, 0.2) is 80.9 Å². The van der Waals surface area contributed by atoms with Crippen LogP contribution in [0.4, 0.5) is 9.52 Å². The largest absolute Gasteiger partial charge is 0.503 e. The predicted molar refractivity (Wildman–Crippen MR) is 157 cm³/mol. The molecule has 2 aromatic carbocycles. The summed E-state index contributed by atoms with van der Waals surface area (Å²) in [6, 6.07) is 13.5. The molecule has 1 atom stereocenters. The third kappa shape index (κ3) is 6.04. The van der Waals surface area contributed by atoms with Gasteiger partial charge in [0.25, 0.3) is 5.91 Å². The number of halogens is 1. The number of furan rings is 1. The van der Waals surface area contributed by atoms with Gasteiger partial charge in [0.1, 0.15) is 5.82 Å². The summed E-state index contributed by atoms with van der Waals surface area (Å²) in [6.07, 6.45) is 3.17. The van der Waals surface area contributed by atoms with E-state index in [1.54, 1.807) is 42.5 Å². The van der Waals surface area contributed by atoms with Gasteiger partial charge in [-0.25, -0.2) is 4.39 Å². The zero-order valence-corrected chi connectivity index (χ0v) is 24.5. The van der Waals surface area contributed by atoms with Gasteiger partial charge in [-0.1, -0.05) is 60.7 Å². The molecule has 3 heterocycles. The number of Topliss-reactive ketones (excluding diaryl/α,β-unsaturated/α-hetero) is 1. The van der Waals surface area contributed by atoms with Gasteiger partial charge in [-0.2, -0.15) is 0 Å². The lowest BCUT2D eigenvalue weighted by molar-refractivity contribution is -0.117. The second kappa shape index (κ2) is 13.2. The highest BCUT2D eigenvalue weighted by molar-refractivity contribution is 8.00. The van der Waals surface area contributed by atoms with Crippen LogP contribution in [-0.4, -0.2) is 40.2 Å². The Kier molecular flexibility index (Phi) is 9.23. The topological polar surface area (TPSA) is 115 Å². The fraction of sp³-hybridized carbons (Fsp3) is 0.267. The number of thioether (sulfide) groups is 1. The number of nitrogens with zero attached hydrogens (tertiary/aromatic N) is 3. The highest BCUT2D eigenvalue weighted by Gasteiger charge is 2.47. The molecule has 0 saturated carbocycles. The van der Waals surface area contributed by atoms with E-state index in [1.807, 2.05) is 6.92 Å². The van der Waals surface area contributed by atoms with E-state index in [0.717, 1.165) is 24.2 Å². The second-order valence-electron chi connectivity index (χ2n) is 9.22. The lowest BCUT2D eigenvalue weighted by atomic mass is 9.95. The summed E-state index contributed by atoms with van der Waals surface area (Å²) in [4.78, 5) is 28.3. The molecule has 218 valence electrons. The van der Waals surface area contributed by atoms with Crippen molar-refractivity contribution in [2.45, 2.75) is 42.8 Å². The van der Waals surface area contributed by atoms with Crippen molar-refractivity contribution < 1.29 is 33.0 Å². The van der Waals surface area contributed by atoms with Crippen LogP contribution < -0.4 is 14.4 Å². The van der Waals surface area contributed by atoms with E-state index in [-0.39, 0.29) is 22.3 Å². The first-order valence-corrected chi connectivity index (χ1v) is 15.2. The number of amides is 1. The van der Waals surface area contributed by atoms with Crippen LogP contribution in [0.5, 0.6) is 11.5 Å². The van der Waals surface area contributed by atoms with Gasteiger partial charge in [-0.3, -0.25) is 14.5 Å². The minimum Gasteiger partial charge on any atom is -0.503 e. The SMILES string of the molecule is CCCCOc1ccc(C2C(C(=O)c3ccco3)=C(O)C(=O)N2c2nnc(SCc3ccccc3F)s2)cc1OCC. The lowest BCUT2D eigenvalue weighted by Crippen LogP contribution is -2.31. The number of rotatable bonds is 13. The van der Waals surface area contributed by atoms with E-state index in [0.29, 0.717) is 45.9 Å². The molecule has 0 bridgehead atoms. The molecule has 1 N–H and O–H groups in total. The summed E-state index contributed by atoms with van der Waals surface area (Å²) in [7, 11) is 0. The van der Waals surface area contributed by atoms with Crippen LogP contribution in [0.25, 0.3) is 0 Å². The molecular weight excluding hydrogens is 581 g/mol. The number of aliphatic hydroxyl groups excluding tert-OH is 1. The Balaban J connectivity index is 1.52. The van der Waals surface area contributed by atoms with Crippen molar-refractivity contribution in [3.8, 4) is 11.5 Å². The predicted octanol–water partition coefficient (Wildman–Crippen LogP) is 6.92. The van der Waals surface area contributed by atoms with Crippen molar-refractivity contribution in [2.75, 3.05) is 18.1 Å². The second-order valence-corrected chi connectivity index (χ2v) is 11.4. The summed E-state index contributed by atoms with van der Waals surface area (Å²) in [6.45, 7) is 4.77.